The Labute approximate surface area is 169 Å². The number of rotatable bonds is 7. The van der Waals surface area contributed by atoms with Gasteiger partial charge in [0.1, 0.15) is 5.72 Å². The van der Waals surface area contributed by atoms with E-state index in [-0.39, 0.29) is 11.8 Å². The number of amides is 1. The molecule has 1 amide bonds. The molecule has 0 unspecified atom stereocenters. The Morgan fingerprint density at radius 1 is 0.966 bits per heavy atom. The molecule has 0 saturated heterocycles. The number of carboxylic acids is 2. The van der Waals surface area contributed by atoms with Gasteiger partial charge in [0.2, 0.25) is 5.91 Å². The maximum atomic E-state index is 11.9. The molecule has 156 valence electrons. The Morgan fingerprint density at radius 3 is 1.93 bits per heavy atom. The molecule has 0 saturated carbocycles. The highest BCUT2D eigenvalue weighted by atomic mass is 16.4. The van der Waals surface area contributed by atoms with Crippen LogP contribution in [-0.4, -0.2) is 39.7 Å². The molecular weight excluding hydrogens is 376 g/mol. The largest absolute Gasteiger partial charge is 0.473 e. The Morgan fingerprint density at radius 2 is 1.45 bits per heavy atom. The van der Waals surface area contributed by atoms with Gasteiger partial charge in [0, 0.05) is 6.54 Å². The van der Waals surface area contributed by atoms with Gasteiger partial charge in [-0.05, 0) is 23.5 Å². The average molecular weight is 402 g/mol. The summed E-state index contributed by atoms with van der Waals surface area (Å²) in [5, 5.41) is 28.1. The Hall–Kier alpha value is -3.23. The van der Waals surface area contributed by atoms with E-state index in [1.54, 1.807) is 12.1 Å². The number of hydrogen-bond acceptors (Lipinski definition) is 5. The number of carboxylic acid groups (broad SMARTS) is 2. The van der Waals surface area contributed by atoms with Crippen LogP contribution in [0.2, 0.25) is 0 Å². The minimum absolute atomic E-state index is 0.0247. The van der Waals surface area contributed by atoms with E-state index in [4.69, 9.17) is 25.5 Å². The molecule has 2 atom stereocenters. The Bertz CT molecular complexity index is 781. The summed E-state index contributed by atoms with van der Waals surface area (Å²) < 4.78 is 0. The second-order valence-corrected chi connectivity index (χ2v) is 6.68. The van der Waals surface area contributed by atoms with Crippen LogP contribution in [0.5, 0.6) is 0 Å². The number of carbonyl (C=O) groups excluding carboxylic acids is 1. The molecule has 0 bridgehead atoms. The van der Waals surface area contributed by atoms with Crippen LogP contribution in [0.25, 0.3) is 0 Å². The van der Waals surface area contributed by atoms with Crippen molar-refractivity contribution in [1.82, 2.24) is 5.32 Å². The van der Waals surface area contributed by atoms with E-state index in [9.17, 15) is 9.90 Å². The number of nitrogens with two attached hydrogens (primary N) is 1. The topological polar surface area (TPSA) is 150 Å². The van der Waals surface area contributed by atoms with Crippen LogP contribution < -0.4 is 11.1 Å². The molecule has 6 N–H and O–H groups in total. The highest BCUT2D eigenvalue weighted by molar-refractivity contribution is 6.27. The van der Waals surface area contributed by atoms with Gasteiger partial charge in [0.05, 0.1) is 6.42 Å². The Balaban J connectivity index is 0.000000612. The molecule has 8 heteroatoms. The van der Waals surface area contributed by atoms with Gasteiger partial charge < -0.3 is 20.6 Å². The van der Waals surface area contributed by atoms with Crippen LogP contribution in [0.3, 0.4) is 0 Å². The number of aliphatic carboxylic acids is 2. The SMILES string of the molecule is C[C@H](CNC(=O)Cc1ccccc1)C[C@@](N)(O)c1ccccc1.O=C(O)C(=O)O. The van der Waals surface area contributed by atoms with Gasteiger partial charge in [0.25, 0.3) is 0 Å². The van der Waals surface area contributed by atoms with Crippen molar-refractivity contribution in [1.29, 1.82) is 0 Å². The van der Waals surface area contributed by atoms with Gasteiger partial charge in [-0.2, -0.15) is 0 Å². The molecule has 8 nitrogen and oxygen atoms in total. The van der Waals surface area contributed by atoms with Crippen molar-refractivity contribution in [3.8, 4) is 0 Å². The molecule has 0 radical (unpaired) electrons. The fraction of sp³-hybridized carbons (Fsp3) is 0.286. The number of aliphatic hydroxyl groups is 1. The number of hydrogen-bond donors (Lipinski definition) is 5. The third kappa shape index (κ3) is 9.50. The first kappa shape index (κ1) is 23.8. The molecule has 0 fully saturated rings. The van der Waals surface area contributed by atoms with Crippen molar-refractivity contribution in [3.63, 3.8) is 0 Å². The monoisotopic (exact) mass is 402 g/mol. The summed E-state index contributed by atoms with van der Waals surface area (Å²) in [5.74, 6) is -3.61. The first-order valence-corrected chi connectivity index (χ1v) is 8.95. The van der Waals surface area contributed by atoms with Crippen molar-refractivity contribution in [2.24, 2.45) is 11.7 Å². The fourth-order valence-electron chi connectivity index (χ4n) is 2.58. The molecule has 0 heterocycles. The summed E-state index contributed by atoms with van der Waals surface area (Å²) in [6.45, 7) is 2.45. The van der Waals surface area contributed by atoms with Crippen molar-refractivity contribution < 1.29 is 29.7 Å². The third-order valence-electron chi connectivity index (χ3n) is 3.97. The molecule has 29 heavy (non-hydrogen) atoms. The van der Waals surface area contributed by atoms with Gasteiger partial charge in [-0.15, -0.1) is 0 Å². The van der Waals surface area contributed by atoms with Gasteiger partial charge in [-0.3, -0.25) is 10.5 Å². The van der Waals surface area contributed by atoms with Gasteiger partial charge in [0.15, 0.2) is 0 Å². The lowest BCUT2D eigenvalue weighted by Crippen LogP contribution is -2.40. The molecule has 2 aromatic carbocycles. The van der Waals surface area contributed by atoms with Crippen LogP contribution in [0.4, 0.5) is 0 Å². The molecule has 2 aromatic rings. The molecule has 0 aromatic heterocycles. The first-order valence-electron chi connectivity index (χ1n) is 8.95. The zero-order valence-corrected chi connectivity index (χ0v) is 16.1. The number of benzene rings is 2. The van der Waals surface area contributed by atoms with Gasteiger partial charge >= 0.3 is 11.9 Å². The number of carbonyl (C=O) groups is 3. The number of nitrogens with one attached hydrogen (secondary N) is 1. The lowest BCUT2D eigenvalue weighted by atomic mass is 9.93. The predicted octanol–water partition coefficient (Wildman–Crippen LogP) is 1.33. The van der Waals surface area contributed by atoms with E-state index in [2.05, 4.69) is 5.32 Å². The lowest BCUT2D eigenvalue weighted by molar-refractivity contribution is -0.159. The highest BCUT2D eigenvalue weighted by Crippen LogP contribution is 2.22. The molecule has 0 spiro atoms. The zero-order chi connectivity index (χ0) is 21.9. The van der Waals surface area contributed by atoms with Crippen molar-refractivity contribution in [2.45, 2.75) is 25.5 Å². The first-order chi connectivity index (χ1) is 13.6. The summed E-state index contributed by atoms with van der Waals surface area (Å²) in [7, 11) is 0. The van der Waals surface area contributed by atoms with Crippen molar-refractivity contribution in [2.75, 3.05) is 6.54 Å². The third-order valence-corrected chi connectivity index (χ3v) is 3.97. The lowest BCUT2D eigenvalue weighted by Gasteiger charge is -2.27. The van der Waals surface area contributed by atoms with E-state index in [0.29, 0.717) is 24.9 Å². The smallest absolute Gasteiger partial charge is 0.414 e. The van der Waals surface area contributed by atoms with Crippen molar-refractivity contribution in [3.05, 3.63) is 71.8 Å². The molecule has 0 aliphatic heterocycles. The minimum atomic E-state index is -1.82. The van der Waals surface area contributed by atoms with Gasteiger partial charge in [-0.1, -0.05) is 67.6 Å². The fourth-order valence-corrected chi connectivity index (χ4v) is 2.58. The zero-order valence-electron chi connectivity index (χ0n) is 16.1. The molecule has 0 aliphatic carbocycles. The maximum Gasteiger partial charge on any atom is 0.414 e. The van der Waals surface area contributed by atoms with Gasteiger partial charge in [-0.25, -0.2) is 9.59 Å². The molecular formula is C21H26N2O6. The summed E-state index contributed by atoms with van der Waals surface area (Å²) in [6, 6.07) is 18.8. The van der Waals surface area contributed by atoms with Crippen LogP contribution >= 0.6 is 0 Å². The minimum Gasteiger partial charge on any atom is -0.473 e. The summed E-state index contributed by atoms with van der Waals surface area (Å²) in [4.78, 5) is 30.1. The summed E-state index contributed by atoms with van der Waals surface area (Å²) in [6.07, 6.45) is 0.738. The Kier molecular flexibility index (Phi) is 9.50. The summed E-state index contributed by atoms with van der Waals surface area (Å²) >= 11 is 0. The van der Waals surface area contributed by atoms with Crippen LogP contribution in [0.1, 0.15) is 24.5 Å². The van der Waals surface area contributed by atoms with Crippen LogP contribution in [-0.2, 0) is 26.5 Å². The highest BCUT2D eigenvalue weighted by Gasteiger charge is 2.26. The van der Waals surface area contributed by atoms with Crippen LogP contribution in [0.15, 0.2) is 60.7 Å². The second kappa shape index (κ2) is 11.6. The maximum absolute atomic E-state index is 11.9. The van der Waals surface area contributed by atoms with Crippen LogP contribution in [0, 0.1) is 5.92 Å². The van der Waals surface area contributed by atoms with E-state index in [0.717, 1.165) is 5.56 Å². The van der Waals surface area contributed by atoms with E-state index >= 15 is 0 Å². The van der Waals surface area contributed by atoms with E-state index in [1.807, 2.05) is 55.5 Å². The average Bonchev–Trinajstić information content (AvgIpc) is 2.68. The summed E-state index contributed by atoms with van der Waals surface area (Å²) in [5.41, 5.74) is 6.29. The van der Waals surface area contributed by atoms with Crippen molar-refractivity contribution >= 4 is 17.8 Å². The molecule has 2 rings (SSSR count). The quantitative estimate of drug-likeness (QED) is 0.346. The molecule has 0 aliphatic rings. The predicted molar refractivity (Wildman–Crippen MR) is 107 cm³/mol. The van der Waals surface area contributed by atoms with E-state index < -0.39 is 17.7 Å². The second-order valence-electron chi connectivity index (χ2n) is 6.68. The van der Waals surface area contributed by atoms with E-state index in [1.165, 1.54) is 0 Å². The normalized spacial score (nSPS) is 13.2. The standard InChI is InChI=1S/C19H24N2O2.C2H2O4/c1-15(13-19(20,23)17-10-6-3-7-11-17)14-21-18(22)12-16-8-4-2-5-9-16;3-1(4)2(5)6/h2-11,15,23H,12-14,20H2,1H3,(H,21,22);(H,3,4)(H,5,6)/t15-,19+;/m0./s1.